The predicted octanol–water partition coefficient (Wildman–Crippen LogP) is 5.41. The molecule has 3 aromatic rings. The van der Waals surface area contributed by atoms with Gasteiger partial charge in [-0.1, -0.05) is 37.6 Å². The second kappa shape index (κ2) is 15.1. The van der Waals surface area contributed by atoms with Gasteiger partial charge in [-0.3, -0.25) is 13.9 Å². The van der Waals surface area contributed by atoms with Gasteiger partial charge in [0.25, 0.3) is 10.0 Å². The molecule has 0 heterocycles. The number of sulfonamides is 1. The quantitative estimate of drug-likeness (QED) is 0.254. The van der Waals surface area contributed by atoms with Crippen LogP contribution < -0.4 is 19.1 Å². The van der Waals surface area contributed by atoms with Crippen LogP contribution in [0, 0.1) is 5.82 Å². The Morgan fingerprint density at radius 1 is 0.930 bits per heavy atom. The maximum absolute atomic E-state index is 14.1. The highest BCUT2D eigenvalue weighted by Gasteiger charge is 2.34. The van der Waals surface area contributed by atoms with Crippen molar-refractivity contribution >= 4 is 39.1 Å². The second-order valence-corrected chi connectivity index (χ2v) is 12.2. The first-order chi connectivity index (χ1) is 20.4. The Labute approximate surface area is 257 Å². The van der Waals surface area contributed by atoms with Gasteiger partial charge in [0.2, 0.25) is 11.8 Å². The first-order valence-electron chi connectivity index (χ1n) is 13.8. The minimum Gasteiger partial charge on any atom is -0.493 e. The van der Waals surface area contributed by atoms with E-state index >= 15 is 0 Å². The van der Waals surface area contributed by atoms with Gasteiger partial charge >= 0.3 is 0 Å². The zero-order valence-electron chi connectivity index (χ0n) is 24.8. The van der Waals surface area contributed by atoms with E-state index in [4.69, 9.17) is 21.1 Å². The fraction of sp³-hybridized carbons (Fsp3) is 0.355. The summed E-state index contributed by atoms with van der Waals surface area (Å²) in [4.78, 5) is 28.7. The second-order valence-electron chi connectivity index (χ2n) is 9.89. The summed E-state index contributed by atoms with van der Waals surface area (Å²) in [6.45, 7) is 4.93. The molecule has 0 saturated heterocycles. The third-order valence-electron chi connectivity index (χ3n) is 6.99. The summed E-state index contributed by atoms with van der Waals surface area (Å²) >= 11 is 6.06. The molecule has 3 aromatic carbocycles. The fourth-order valence-electron chi connectivity index (χ4n) is 4.39. The van der Waals surface area contributed by atoms with Crippen molar-refractivity contribution in [3.05, 3.63) is 83.1 Å². The van der Waals surface area contributed by atoms with Gasteiger partial charge < -0.3 is 19.7 Å². The molecule has 232 valence electrons. The Bertz CT molecular complexity index is 1500. The fourth-order valence-corrected chi connectivity index (χ4v) is 5.94. The highest BCUT2D eigenvalue weighted by molar-refractivity contribution is 7.92. The summed E-state index contributed by atoms with van der Waals surface area (Å²) in [5, 5.41) is 3.43. The molecule has 3 rings (SSSR count). The minimum absolute atomic E-state index is 0.0239. The van der Waals surface area contributed by atoms with Gasteiger partial charge in [0.15, 0.2) is 11.5 Å². The van der Waals surface area contributed by atoms with Crippen molar-refractivity contribution in [2.24, 2.45) is 0 Å². The Morgan fingerprint density at radius 3 is 2.12 bits per heavy atom. The average Bonchev–Trinajstić information content (AvgIpc) is 3.00. The van der Waals surface area contributed by atoms with Gasteiger partial charge in [0, 0.05) is 23.7 Å². The van der Waals surface area contributed by atoms with E-state index in [9.17, 15) is 22.4 Å². The maximum Gasteiger partial charge on any atom is 0.264 e. The monoisotopic (exact) mass is 633 g/mol. The molecule has 0 fully saturated rings. The molecule has 0 saturated carbocycles. The molecule has 0 aliphatic rings. The highest BCUT2D eigenvalue weighted by atomic mass is 35.5. The smallest absolute Gasteiger partial charge is 0.264 e. The molecule has 2 amide bonds. The van der Waals surface area contributed by atoms with E-state index in [1.165, 1.54) is 49.5 Å². The summed E-state index contributed by atoms with van der Waals surface area (Å²) in [5.41, 5.74) is 0.761. The van der Waals surface area contributed by atoms with Crippen LogP contribution in [-0.2, 0) is 26.2 Å². The number of carbonyl (C=O) groups excluding carboxylic acids is 2. The predicted molar refractivity (Wildman–Crippen MR) is 164 cm³/mol. The summed E-state index contributed by atoms with van der Waals surface area (Å²) in [7, 11) is -1.60. The topological polar surface area (TPSA) is 105 Å². The van der Waals surface area contributed by atoms with Crippen LogP contribution in [0.1, 0.15) is 39.2 Å². The number of anilines is 1. The van der Waals surface area contributed by atoms with Crippen molar-refractivity contribution in [3.8, 4) is 11.5 Å². The van der Waals surface area contributed by atoms with Crippen LogP contribution in [0.25, 0.3) is 0 Å². The van der Waals surface area contributed by atoms with Gasteiger partial charge in [-0.2, -0.15) is 0 Å². The van der Waals surface area contributed by atoms with Gasteiger partial charge in [-0.05, 0) is 73.9 Å². The average molecular weight is 634 g/mol. The lowest BCUT2D eigenvalue weighted by atomic mass is 10.1. The molecule has 0 unspecified atom stereocenters. The molecule has 9 nitrogen and oxygen atoms in total. The molecule has 0 aliphatic heterocycles. The molecular formula is C31H37ClFN3O6S. The van der Waals surface area contributed by atoms with Crippen molar-refractivity contribution in [1.82, 2.24) is 10.2 Å². The summed E-state index contributed by atoms with van der Waals surface area (Å²) in [5.74, 6) is -1.07. The molecule has 0 aliphatic carbocycles. The zero-order valence-corrected chi connectivity index (χ0v) is 26.4. The lowest BCUT2D eigenvalue weighted by Gasteiger charge is -2.33. The number of amides is 2. The zero-order chi connectivity index (χ0) is 31.7. The lowest BCUT2D eigenvalue weighted by Crippen LogP contribution is -2.53. The number of hydrogen-bond donors (Lipinski definition) is 1. The molecule has 12 heteroatoms. The number of benzene rings is 3. The first kappa shape index (κ1) is 33.7. The molecule has 2 atom stereocenters. The van der Waals surface area contributed by atoms with Crippen LogP contribution in [0.4, 0.5) is 10.1 Å². The van der Waals surface area contributed by atoms with Crippen molar-refractivity contribution in [1.29, 1.82) is 0 Å². The van der Waals surface area contributed by atoms with Crippen molar-refractivity contribution in [2.75, 3.05) is 25.1 Å². The maximum atomic E-state index is 14.1. The van der Waals surface area contributed by atoms with E-state index in [0.717, 1.165) is 16.4 Å². The largest absolute Gasteiger partial charge is 0.493 e. The van der Waals surface area contributed by atoms with E-state index in [1.807, 2.05) is 13.8 Å². The van der Waals surface area contributed by atoms with E-state index in [-0.39, 0.29) is 41.2 Å². The number of ether oxygens (including phenoxy) is 2. The molecular weight excluding hydrogens is 597 g/mol. The van der Waals surface area contributed by atoms with E-state index in [0.29, 0.717) is 22.8 Å². The number of methoxy groups -OCH3 is 2. The minimum atomic E-state index is -4.40. The molecule has 0 radical (unpaired) electrons. The van der Waals surface area contributed by atoms with E-state index in [2.05, 4.69) is 5.32 Å². The van der Waals surface area contributed by atoms with Crippen LogP contribution in [0.5, 0.6) is 11.5 Å². The first-order valence-corrected chi connectivity index (χ1v) is 15.6. The van der Waals surface area contributed by atoms with Gasteiger partial charge in [0.05, 0.1) is 24.8 Å². The van der Waals surface area contributed by atoms with Crippen molar-refractivity contribution in [2.45, 2.75) is 57.1 Å². The molecule has 0 spiro atoms. The van der Waals surface area contributed by atoms with Crippen LogP contribution in [0.15, 0.2) is 71.6 Å². The third kappa shape index (κ3) is 8.39. The van der Waals surface area contributed by atoms with Gasteiger partial charge in [0.1, 0.15) is 18.4 Å². The SMILES string of the molecule is CC[C@@H](C)NC(=O)[C@H](CC)N(Cc1ccc(Cl)cc1)C(=O)CN(c1ccc(F)cc1)S(=O)(=O)c1ccc(OC)c(OC)c1. The van der Waals surface area contributed by atoms with Crippen molar-refractivity contribution < 1.29 is 31.9 Å². The van der Waals surface area contributed by atoms with Crippen LogP contribution in [0.2, 0.25) is 5.02 Å². The number of hydrogen-bond acceptors (Lipinski definition) is 6. The number of nitrogens with zero attached hydrogens (tertiary/aromatic N) is 2. The number of carbonyl (C=O) groups is 2. The molecule has 0 bridgehead atoms. The molecule has 0 aromatic heterocycles. The van der Waals surface area contributed by atoms with Crippen LogP contribution in [0.3, 0.4) is 0 Å². The summed E-state index contributed by atoms with van der Waals surface area (Å²) in [6.07, 6.45) is 0.968. The molecule has 1 N–H and O–H groups in total. The normalized spacial score (nSPS) is 12.6. The summed E-state index contributed by atoms with van der Waals surface area (Å²) < 4.78 is 53.4. The Kier molecular flexibility index (Phi) is 11.8. The molecule has 43 heavy (non-hydrogen) atoms. The number of nitrogens with one attached hydrogen (secondary N) is 1. The Hall–Kier alpha value is -3.83. The highest BCUT2D eigenvalue weighted by Crippen LogP contribution is 2.32. The van der Waals surface area contributed by atoms with E-state index < -0.39 is 34.3 Å². The van der Waals surface area contributed by atoms with Crippen LogP contribution in [-0.4, -0.2) is 58.0 Å². The Morgan fingerprint density at radius 2 is 1.56 bits per heavy atom. The number of rotatable bonds is 14. The summed E-state index contributed by atoms with van der Waals surface area (Å²) in [6, 6.07) is 14.6. The van der Waals surface area contributed by atoms with E-state index in [1.54, 1.807) is 31.2 Å². The Balaban J connectivity index is 2.09. The third-order valence-corrected chi connectivity index (χ3v) is 9.01. The van der Waals surface area contributed by atoms with Crippen molar-refractivity contribution in [3.63, 3.8) is 0 Å². The van der Waals surface area contributed by atoms with Crippen LogP contribution >= 0.6 is 11.6 Å². The van der Waals surface area contributed by atoms with Gasteiger partial charge in [-0.15, -0.1) is 0 Å². The number of halogens is 2. The standard InChI is InChI=1S/C31H37ClFN3O6S/c1-6-21(3)34-31(38)27(7-2)35(19-22-8-10-23(32)11-9-22)30(37)20-36(25-14-12-24(33)13-15-25)43(39,40)26-16-17-28(41-4)29(18-26)42-5/h8-18,21,27H,6-7,19-20H2,1-5H3,(H,34,38)/t21-,27+/m1/s1. The lowest BCUT2D eigenvalue weighted by molar-refractivity contribution is -0.140. The van der Waals surface area contributed by atoms with Gasteiger partial charge in [-0.25, -0.2) is 12.8 Å².